The van der Waals surface area contributed by atoms with E-state index in [1.54, 1.807) is 7.11 Å². The Morgan fingerprint density at radius 1 is 1.10 bits per heavy atom. The van der Waals surface area contributed by atoms with E-state index < -0.39 is 17.2 Å². The molecule has 1 aliphatic carbocycles. The Labute approximate surface area is 122 Å². The van der Waals surface area contributed by atoms with Crippen molar-refractivity contribution >= 4 is 0 Å². The Morgan fingerprint density at radius 3 is 2.67 bits per heavy atom. The molecule has 0 saturated heterocycles. The quantitative estimate of drug-likeness (QED) is 0.919. The second-order valence-electron chi connectivity index (χ2n) is 5.47. The van der Waals surface area contributed by atoms with Gasteiger partial charge in [-0.05, 0) is 54.3 Å². The maximum absolute atomic E-state index is 14.0. The zero-order valence-corrected chi connectivity index (χ0v) is 11.7. The molecule has 1 unspecified atom stereocenters. The molecule has 2 nitrogen and oxygen atoms in total. The van der Waals surface area contributed by atoms with E-state index in [1.807, 2.05) is 18.2 Å². The molecule has 0 heterocycles. The highest BCUT2D eigenvalue weighted by atomic mass is 19.1. The number of hydrogen-bond acceptors (Lipinski definition) is 2. The number of ether oxygens (including phenoxy) is 1. The van der Waals surface area contributed by atoms with Crippen LogP contribution in [0.4, 0.5) is 8.78 Å². The normalized spacial score (nSPS) is 21.0. The van der Waals surface area contributed by atoms with Crippen LogP contribution in [-0.4, -0.2) is 12.2 Å². The fraction of sp³-hybridized carbons (Fsp3) is 0.294. The van der Waals surface area contributed by atoms with Gasteiger partial charge in [0.05, 0.1) is 12.7 Å². The fourth-order valence-electron chi connectivity index (χ4n) is 2.97. The van der Waals surface area contributed by atoms with E-state index in [1.165, 1.54) is 0 Å². The number of aryl methyl sites for hydroxylation is 1. The molecule has 4 heteroatoms. The smallest absolute Gasteiger partial charge is 0.129 e. The zero-order chi connectivity index (χ0) is 15.0. The molecular formula is C17H16F2O2. The van der Waals surface area contributed by atoms with E-state index in [9.17, 15) is 13.9 Å². The first-order valence-electron chi connectivity index (χ1n) is 6.85. The van der Waals surface area contributed by atoms with E-state index in [4.69, 9.17) is 4.74 Å². The summed E-state index contributed by atoms with van der Waals surface area (Å²) in [5, 5.41) is 10.8. The number of rotatable bonds is 2. The van der Waals surface area contributed by atoms with Crippen LogP contribution < -0.4 is 4.74 Å². The molecule has 0 amide bonds. The van der Waals surface area contributed by atoms with E-state index in [0.717, 1.165) is 29.3 Å². The van der Waals surface area contributed by atoms with Crippen molar-refractivity contribution in [2.45, 2.75) is 24.9 Å². The van der Waals surface area contributed by atoms with Crippen LogP contribution >= 0.6 is 0 Å². The van der Waals surface area contributed by atoms with Crippen LogP contribution in [0.15, 0.2) is 36.4 Å². The molecule has 0 aromatic heterocycles. The van der Waals surface area contributed by atoms with Crippen LogP contribution in [0.1, 0.15) is 23.1 Å². The molecule has 21 heavy (non-hydrogen) atoms. The van der Waals surface area contributed by atoms with Gasteiger partial charge in [-0.25, -0.2) is 8.78 Å². The first-order valence-corrected chi connectivity index (χ1v) is 6.85. The lowest BCUT2D eigenvalue weighted by atomic mass is 9.76. The largest absolute Gasteiger partial charge is 0.497 e. The fourth-order valence-corrected chi connectivity index (χ4v) is 2.97. The lowest BCUT2D eigenvalue weighted by Gasteiger charge is -2.34. The molecule has 0 fully saturated rings. The highest BCUT2D eigenvalue weighted by molar-refractivity contribution is 5.41. The highest BCUT2D eigenvalue weighted by Gasteiger charge is 2.36. The SMILES string of the molecule is COc1ccc2c(c1)CC(O)(c1cc(F)ccc1F)CC2. The van der Waals surface area contributed by atoms with Crippen molar-refractivity contribution in [1.29, 1.82) is 0 Å². The standard InChI is InChI=1S/C17H16F2O2/c1-21-14-4-2-11-6-7-17(20,10-12(11)8-14)15-9-13(18)3-5-16(15)19/h2-5,8-9,20H,6-7,10H2,1H3. The number of aliphatic hydroxyl groups is 1. The van der Waals surface area contributed by atoms with Crippen molar-refractivity contribution < 1.29 is 18.6 Å². The highest BCUT2D eigenvalue weighted by Crippen LogP contribution is 2.38. The maximum Gasteiger partial charge on any atom is 0.129 e. The minimum Gasteiger partial charge on any atom is -0.497 e. The van der Waals surface area contributed by atoms with Crippen molar-refractivity contribution in [1.82, 2.24) is 0 Å². The molecule has 1 aliphatic rings. The third-order valence-electron chi connectivity index (χ3n) is 4.13. The van der Waals surface area contributed by atoms with Crippen molar-refractivity contribution in [3.63, 3.8) is 0 Å². The molecule has 2 aromatic carbocycles. The van der Waals surface area contributed by atoms with Crippen LogP contribution in [0.5, 0.6) is 5.75 Å². The average Bonchev–Trinajstić information content (AvgIpc) is 2.48. The second-order valence-corrected chi connectivity index (χ2v) is 5.47. The van der Waals surface area contributed by atoms with Crippen molar-refractivity contribution in [2.75, 3.05) is 7.11 Å². The third-order valence-corrected chi connectivity index (χ3v) is 4.13. The summed E-state index contributed by atoms with van der Waals surface area (Å²) in [4.78, 5) is 0. The van der Waals surface area contributed by atoms with Crippen LogP contribution in [0, 0.1) is 11.6 Å². The maximum atomic E-state index is 14.0. The summed E-state index contributed by atoms with van der Waals surface area (Å²) >= 11 is 0. The molecule has 3 rings (SSSR count). The number of methoxy groups -OCH3 is 1. The van der Waals surface area contributed by atoms with Gasteiger partial charge in [-0.3, -0.25) is 0 Å². The van der Waals surface area contributed by atoms with Gasteiger partial charge in [-0.1, -0.05) is 6.07 Å². The molecule has 2 aromatic rings. The van der Waals surface area contributed by atoms with Crippen LogP contribution in [0.2, 0.25) is 0 Å². The number of fused-ring (bicyclic) bond motifs is 1. The minimum atomic E-state index is -1.38. The minimum absolute atomic E-state index is 0.0240. The Bertz CT molecular complexity index is 684. The summed E-state index contributed by atoms with van der Waals surface area (Å²) in [5.74, 6) is -0.431. The first-order chi connectivity index (χ1) is 10.0. The van der Waals surface area contributed by atoms with E-state index in [2.05, 4.69) is 0 Å². The Balaban J connectivity index is 2.02. The van der Waals surface area contributed by atoms with Crippen LogP contribution in [0.25, 0.3) is 0 Å². The molecule has 0 bridgehead atoms. The lowest BCUT2D eigenvalue weighted by molar-refractivity contribution is 0.0184. The lowest BCUT2D eigenvalue weighted by Crippen LogP contribution is -2.34. The van der Waals surface area contributed by atoms with Gasteiger partial charge in [0.25, 0.3) is 0 Å². The third kappa shape index (κ3) is 2.51. The average molecular weight is 290 g/mol. The summed E-state index contributed by atoms with van der Waals surface area (Å²) in [6.07, 6.45) is 1.23. The van der Waals surface area contributed by atoms with Crippen LogP contribution in [0.3, 0.4) is 0 Å². The van der Waals surface area contributed by atoms with Gasteiger partial charge in [0.2, 0.25) is 0 Å². The second kappa shape index (κ2) is 5.11. The molecular weight excluding hydrogens is 274 g/mol. The molecule has 0 radical (unpaired) electrons. The number of benzene rings is 2. The van der Waals surface area contributed by atoms with Gasteiger partial charge in [0, 0.05) is 12.0 Å². The molecule has 0 aliphatic heterocycles. The zero-order valence-electron chi connectivity index (χ0n) is 11.7. The van der Waals surface area contributed by atoms with Gasteiger partial charge in [0.1, 0.15) is 17.4 Å². The summed E-state index contributed by atoms with van der Waals surface area (Å²) in [5.41, 5.74) is 0.658. The Kier molecular flexibility index (Phi) is 3.41. The predicted molar refractivity (Wildman–Crippen MR) is 75.3 cm³/mol. The number of hydrogen-bond donors (Lipinski definition) is 1. The monoisotopic (exact) mass is 290 g/mol. The Hall–Kier alpha value is -1.94. The van der Waals surface area contributed by atoms with E-state index >= 15 is 0 Å². The number of halogens is 2. The van der Waals surface area contributed by atoms with Crippen molar-refractivity contribution in [2.24, 2.45) is 0 Å². The molecule has 1 N–H and O–H groups in total. The molecule has 0 spiro atoms. The molecule has 0 saturated carbocycles. The van der Waals surface area contributed by atoms with Gasteiger partial charge in [-0.2, -0.15) is 0 Å². The van der Waals surface area contributed by atoms with E-state index in [-0.39, 0.29) is 12.0 Å². The van der Waals surface area contributed by atoms with Gasteiger partial charge in [-0.15, -0.1) is 0 Å². The van der Waals surface area contributed by atoms with Crippen molar-refractivity contribution in [3.05, 3.63) is 64.7 Å². The topological polar surface area (TPSA) is 29.5 Å². The Morgan fingerprint density at radius 2 is 1.90 bits per heavy atom. The van der Waals surface area contributed by atoms with Crippen molar-refractivity contribution in [3.8, 4) is 5.75 Å². The predicted octanol–water partition coefficient (Wildman–Crippen LogP) is 3.35. The summed E-state index contributed by atoms with van der Waals surface area (Å²) in [6, 6.07) is 8.87. The van der Waals surface area contributed by atoms with Gasteiger partial charge >= 0.3 is 0 Å². The van der Waals surface area contributed by atoms with Gasteiger partial charge in [0.15, 0.2) is 0 Å². The molecule has 110 valence electrons. The summed E-state index contributed by atoms with van der Waals surface area (Å²) in [7, 11) is 1.57. The molecule has 1 atom stereocenters. The first kappa shape index (κ1) is 14.0. The summed E-state index contributed by atoms with van der Waals surface area (Å²) in [6.45, 7) is 0. The summed E-state index contributed by atoms with van der Waals surface area (Å²) < 4.78 is 32.5. The van der Waals surface area contributed by atoms with Gasteiger partial charge < -0.3 is 9.84 Å². The van der Waals surface area contributed by atoms with E-state index in [0.29, 0.717) is 18.6 Å². The van der Waals surface area contributed by atoms with Crippen LogP contribution in [-0.2, 0) is 18.4 Å².